The van der Waals surface area contributed by atoms with Crippen molar-refractivity contribution in [2.24, 2.45) is 5.92 Å². The van der Waals surface area contributed by atoms with E-state index in [1.807, 2.05) is 6.07 Å². The Kier molecular flexibility index (Phi) is 6.73. The first-order valence-electron chi connectivity index (χ1n) is 8.15. The van der Waals surface area contributed by atoms with Crippen molar-refractivity contribution in [3.05, 3.63) is 63.7 Å². The lowest BCUT2D eigenvalue weighted by molar-refractivity contribution is -0.384. The largest absolute Gasteiger partial charge is 0.326 e. The van der Waals surface area contributed by atoms with Crippen molar-refractivity contribution in [3.8, 4) is 0 Å². The lowest BCUT2D eigenvalue weighted by Crippen LogP contribution is -2.48. The summed E-state index contributed by atoms with van der Waals surface area (Å²) < 4.78 is 0. The smallest absolute Gasteiger partial charge is 0.319 e. The van der Waals surface area contributed by atoms with Crippen LogP contribution in [0.25, 0.3) is 0 Å². The quantitative estimate of drug-likeness (QED) is 0.510. The highest BCUT2D eigenvalue weighted by molar-refractivity contribution is 6.32. The van der Waals surface area contributed by atoms with Gasteiger partial charge in [0.05, 0.1) is 4.92 Å². The number of urea groups is 1. The molecule has 2 aromatic rings. The number of nitrogens with zero attached hydrogens (tertiary/aromatic N) is 1. The van der Waals surface area contributed by atoms with Gasteiger partial charge in [-0.25, -0.2) is 4.79 Å². The van der Waals surface area contributed by atoms with Crippen molar-refractivity contribution in [2.75, 3.05) is 10.6 Å². The Morgan fingerprint density at radius 1 is 1.04 bits per heavy atom. The molecule has 1 atom stereocenters. The Balaban J connectivity index is 2.07. The fourth-order valence-corrected chi connectivity index (χ4v) is 2.50. The van der Waals surface area contributed by atoms with E-state index in [1.54, 1.807) is 38.1 Å². The molecule has 2 rings (SSSR count). The summed E-state index contributed by atoms with van der Waals surface area (Å²) in [5.41, 5.74) is 0.489. The number of hydrogen-bond donors (Lipinski definition) is 3. The van der Waals surface area contributed by atoms with Crippen LogP contribution in [0.2, 0.25) is 5.02 Å². The van der Waals surface area contributed by atoms with Gasteiger partial charge in [0.15, 0.2) is 0 Å². The number of halogens is 1. The monoisotopic (exact) mass is 390 g/mol. The zero-order chi connectivity index (χ0) is 20.0. The van der Waals surface area contributed by atoms with Gasteiger partial charge in [-0.05, 0) is 30.2 Å². The number of benzene rings is 2. The zero-order valence-corrected chi connectivity index (χ0v) is 15.5. The standard InChI is InChI=1S/C18H19ClN4O4/c1-11(2)16(22-18(25)21-12-6-4-3-5-7-12)17(24)20-13-8-9-14(19)15(10-13)23(26)27/h3-11,16H,1-2H3,(H,20,24)(H2,21,22,25). The SMILES string of the molecule is CC(C)C(NC(=O)Nc1ccccc1)C(=O)Nc1ccc(Cl)c([N+](=O)[O-])c1. The van der Waals surface area contributed by atoms with E-state index >= 15 is 0 Å². The lowest BCUT2D eigenvalue weighted by atomic mass is 10.0. The van der Waals surface area contributed by atoms with Gasteiger partial charge in [0.25, 0.3) is 5.69 Å². The van der Waals surface area contributed by atoms with Gasteiger partial charge < -0.3 is 16.0 Å². The molecule has 0 radical (unpaired) electrons. The number of para-hydroxylation sites is 1. The van der Waals surface area contributed by atoms with E-state index in [9.17, 15) is 19.7 Å². The Morgan fingerprint density at radius 2 is 1.70 bits per heavy atom. The van der Waals surface area contributed by atoms with Crippen molar-refractivity contribution >= 4 is 40.6 Å². The van der Waals surface area contributed by atoms with Crippen LogP contribution >= 0.6 is 11.6 Å². The average molecular weight is 391 g/mol. The molecule has 142 valence electrons. The summed E-state index contributed by atoms with van der Waals surface area (Å²) in [4.78, 5) is 35.0. The normalized spacial score (nSPS) is 11.6. The second-order valence-corrected chi connectivity index (χ2v) is 6.51. The van der Waals surface area contributed by atoms with Crippen molar-refractivity contribution < 1.29 is 14.5 Å². The van der Waals surface area contributed by atoms with Crippen LogP contribution in [0.15, 0.2) is 48.5 Å². The van der Waals surface area contributed by atoms with Crippen molar-refractivity contribution in [1.82, 2.24) is 5.32 Å². The highest BCUT2D eigenvalue weighted by Crippen LogP contribution is 2.27. The fourth-order valence-electron chi connectivity index (χ4n) is 2.32. The van der Waals surface area contributed by atoms with Gasteiger partial charge in [0.1, 0.15) is 11.1 Å². The molecular weight excluding hydrogens is 372 g/mol. The Hall–Kier alpha value is -3.13. The predicted molar refractivity (Wildman–Crippen MR) is 104 cm³/mol. The van der Waals surface area contributed by atoms with E-state index in [0.29, 0.717) is 5.69 Å². The first-order valence-corrected chi connectivity index (χ1v) is 8.53. The molecule has 9 heteroatoms. The summed E-state index contributed by atoms with van der Waals surface area (Å²) in [7, 11) is 0. The van der Waals surface area contributed by atoms with Gasteiger partial charge in [0.2, 0.25) is 5.91 Å². The molecule has 27 heavy (non-hydrogen) atoms. The molecule has 2 aromatic carbocycles. The van der Waals surface area contributed by atoms with Crippen LogP contribution in [0.5, 0.6) is 0 Å². The molecule has 0 aliphatic carbocycles. The minimum Gasteiger partial charge on any atom is -0.326 e. The Morgan fingerprint density at radius 3 is 2.30 bits per heavy atom. The number of anilines is 2. The topological polar surface area (TPSA) is 113 Å². The molecule has 0 saturated heterocycles. The van der Waals surface area contributed by atoms with Crippen LogP contribution in [0, 0.1) is 16.0 Å². The number of amides is 3. The number of rotatable bonds is 6. The predicted octanol–water partition coefficient (Wildman–Crippen LogP) is 4.03. The van der Waals surface area contributed by atoms with Crippen LogP contribution in [-0.2, 0) is 4.79 Å². The van der Waals surface area contributed by atoms with Gasteiger partial charge in [0, 0.05) is 17.4 Å². The molecule has 0 aliphatic heterocycles. The number of nitro benzene ring substituents is 1. The minimum absolute atomic E-state index is 0.0289. The summed E-state index contributed by atoms with van der Waals surface area (Å²) >= 11 is 5.77. The number of hydrogen-bond acceptors (Lipinski definition) is 4. The zero-order valence-electron chi connectivity index (χ0n) is 14.7. The van der Waals surface area contributed by atoms with E-state index in [4.69, 9.17) is 11.6 Å². The summed E-state index contributed by atoms with van der Waals surface area (Å²) in [6.45, 7) is 3.55. The summed E-state index contributed by atoms with van der Waals surface area (Å²) in [5, 5.41) is 18.8. The van der Waals surface area contributed by atoms with E-state index in [-0.39, 0.29) is 22.3 Å². The molecular formula is C18H19ClN4O4. The van der Waals surface area contributed by atoms with Gasteiger partial charge in [-0.3, -0.25) is 14.9 Å². The van der Waals surface area contributed by atoms with Gasteiger partial charge in [-0.2, -0.15) is 0 Å². The molecule has 0 fully saturated rings. The summed E-state index contributed by atoms with van der Waals surface area (Å²) in [6.07, 6.45) is 0. The third kappa shape index (κ3) is 5.68. The molecule has 3 N–H and O–H groups in total. The third-order valence-electron chi connectivity index (χ3n) is 3.68. The van der Waals surface area contributed by atoms with Crippen molar-refractivity contribution in [2.45, 2.75) is 19.9 Å². The number of nitro groups is 1. The van der Waals surface area contributed by atoms with Crippen LogP contribution in [0.4, 0.5) is 21.9 Å². The van der Waals surface area contributed by atoms with Gasteiger partial charge in [-0.15, -0.1) is 0 Å². The molecule has 0 bridgehead atoms. The molecule has 0 heterocycles. The molecule has 0 aliphatic rings. The van der Waals surface area contributed by atoms with Crippen molar-refractivity contribution in [1.29, 1.82) is 0 Å². The number of carbonyl (C=O) groups is 2. The lowest BCUT2D eigenvalue weighted by Gasteiger charge is -2.22. The summed E-state index contributed by atoms with van der Waals surface area (Å²) in [5.74, 6) is -0.710. The highest BCUT2D eigenvalue weighted by Gasteiger charge is 2.25. The van der Waals surface area contributed by atoms with Crippen LogP contribution < -0.4 is 16.0 Å². The van der Waals surface area contributed by atoms with E-state index in [1.165, 1.54) is 18.2 Å². The molecule has 8 nitrogen and oxygen atoms in total. The highest BCUT2D eigenvalue weighted by atomic mass is 35.5. The van der Waals surface area contributed by atoms with Crippen LogP contribution in [0.3, 0.4) is 0 Å². The third-order valence-corrected chi connectivity index (χ3v) is 4.00. The molecule has 3 amide bonds. The minimum atomic E-state index is -0.844. The van der Waals surface area contributed by atoms with E-state index < -0.39 is 22.9 Å². The Bertz CT molecular complexity index is 843. The average Bonchev–Trinajstić information content (AvgIpc) is 2.61. The van der Waals surface area contributed by atoms with Crippen molar-refractivity contribution in [3.63, 3.8) is 0 Å². The maximum Gasteiger partial charge on any atom is 0.319 e. The molecule has 1 unspecified atom stereocenters. The van der Waals surface area contributed by atoms with Gasteiger partial charge in [-0.1, -0.05) is 43.6 Å². The number of carbonyl (C=O) groups excluding carboxylic acids is 2. The number of nitrogens with one attached hydrogen (secondary N) is 3. The van der Waals surface area contributed by atoms with Crippen LogP contribution in [-0.4, -0.2) is 22.9 Å². The maximum absolute atomic E-state index is 12.6. The van der Waals surface area contributed by atoms with E-state index in [0.717, 1.165) is 0 Å². The van der Waals surface area contributed by atoms with E-state index in [2.05, 4.69) is 16.0 Å². The second-order valence-electron chi connectivity index (χ2n) is 6.10. The first kappa shape index (κ1) is 20.2. The van der Waals surface area contributed by atoms with Gasteiger partial charge >= 0.3 is 6.03 Å². The summed E-state index contributed by atoms with van der Waals surface area (Å²) in [6, 6.07) is 11.4. The first-order chi connectivity index (χ1) is 12.8. The Labute approximate surface area is 161 Å². The molecule has 0 spiro atoms. The maximum atomic E-state index is 12.6. The molecule has 0 aromatic heterocycles. The van der Waals surface area contributed by atoms with Crippen LogP contribution in [0.1, 0.15) is 13.8 Å². The molecule has 0 saturated carbocycles. The second kappa shape index (κ2) is 9.00. The fraction of sp³-hybridized carbons (Fsp3) is 0.222.